The average molecular weight is 589 g/mol. The number of aromatic nitrogens is 1. The molecular weight excluding hydrogens is 552 g/mol. The van der Waals surface area contributed by atoms with Gasteiger partial charge in [-0.2, -0.15) is 0 Å². The van der Waals surface area contributed by atoms with Gasteiger partial charge in [0, 0.05) is 61.3 Å². The van der Waals surface area contributed by atoms with Gasteiger partial charge in [-0.25, -0.2) is 4.98 Å². The number of para-hydroxylation sites is 1. The summed E-state index contributed by atoms with van der Waals surface area (Å²) in [5.74, 6) is 2.88. The van der Waals surface area contributed by atoms with Crippen LogP contribution in [0, 0.1) is 0 Å². The molecule has 1 N–H and O–H groups in total. The second-order valence-electron chi connectivity index (χ2n) is 9.83. The first-order valence-corrected chi connectivity index (χ1v) is 14.6. The number of methoxy groups -OCH3 is 4. The summed E-state index contributed by atoms with van der Waals surface area (Å²) in [5.41, 5.74) is 4.38. The average Bonchev–Trinajstić information content (AvgIpc) is 3.54. The fourth-order valence-corrected chi connectivity index (χ4v) is 5.87. The Bertz CT molecular complexity index is 1500. The zero-order valence-electron chi connectivity index (χ0n) is 24.4. The van der Waals surface area contributed by atoms with Crippen molar-refractivity contribution < 1.29 is 23.7 Å². The molecule has 1 saturated heterocycles. The van der Waals surface area contributed by atoms with Gasteiger partial charge in [-0.1, -0.05) is 24.3 Å². The minimum Gasteiger partial charge on any atom is -0.497 e. The number of nitrogens with one attached hydrogen (secondary N) is 1. The summed E-state index contributed by atoms with van der Waals surface area (Å²) < 4.78 is 22.4. The van der Waals surface area contributed by atoms with E-state index >= 15 is 0 Å². The van der Waals surface area contributed by atoms with Gasteiger partial charge in [-0.15, -0.1) is 11.3 Å². The molecule has 3 aromatic carbocycles. The number of hydrogen-bond acceptors (Lipinski definition) is 9. The van der Waals surface area contributed by atoms with Crippen LogP contribution >= 0.6 is 11.3 Å². The van der Waals surface area contributed by atoms with Crippen LogP contribution in [0.1, 0.15) is 21.5 Å². The van der Waals surface area contributed by atoms with Crippen molar-refractivity contribution in [3.05, 3.63) is 82.7 Å². The number of amides is 1. The van der Waals surface area contributed by atoms with Crippen LogP contribution in [-0.2, 0) is 13.1 Å². The van der Waals surface area contributed by atoms with Crippen molar-refractivity contribution in [1.29, 1.82) is 0 Å². The van der Waals surface area contributed by atoms with E-state index in [1.54, 1.807) is 39.8 Å². The van der Waals surface area contributed by atoms with E-state index in [1.807, 2.05) is 70.9 Å². The lowest BCUT2D eigenvalue weighted by Crippen LogP contribution is -2.46. The first-order valence-electron chi connectivity index (χ1n) is 13.8. The lowest BCUT2D eigenvalue weighted by molar-refractivity contribution is 0.0736. The molecule has 1 fully saturated rings. The topological polar surface area (TPSA) is 85.4 Å². The van der Waals surface area contributed by atoms with Crippen molar-refractivity contribution in [1.82, 2.24) is 15.2 Å². The van der Waals surface area contributed by atoms with E-state index in [9.17, 15) is 4.79 Å². The third-order valence-electron chi connectivity index (χ3n) is 7.27. The number of carbonyl (C=O) groups excluding carboxylic acids is 1. The second-order valence-corrected chi connectivity index (χ2v) is 10.7. The van der Waals surface area contributed by atoms with Gasteiger partial charge in [-0.3, -0.25) is 4.79 Å². The summed E-state index contributed by atoms with van der Waals surface area (Å²) >= 11 is 1.55. The molecule has 2 heterocycles. The van der Waals surface area contributed by atoms with Crippen LogP contribution in [0.25, 0.3) is 11.3 Å². The van der Waals surface area contributed by atoms with Crippen LogP contribution in [-0.4, -0.2) is 70.4 Å². The maximum absolute atomic E-state index is 13.0. The Morgan fingerprint density at radius 2 is 1.67 bits per heavy atom. The van der Waals surface area contributed by atoms with Crippen molar-refractivity contribution in [2.75, 3.05) is 59.5 Å². The van der Waals surface area contributed by atoms with Gasteiger partial charge in [0.05, 0.1) is 34.1 Å². The van der Waals surface area contributed by atoms with Crippen LogP contribution in [0.2, 0.25) is 0 Å². The number of anilines is 1. The van der Waals surface area contributed by atoms with Crippen LogP contribution in [0.15, 0.2) is 66.0 Å². The molecule has 0 saturated carbocycles. The minimum absolute atomic E-state index is 0.0674. The monoisotopic (exact) mass is 588 g/mol. The van der Waals surface area contributed by atoms with Gasteiger partial charge in [0.25, 0.3) is 5.91 Å². The Morgan fingerprint density at radius 3 is 2.36 bits per heavy atom. The van der Waals surface area contributed by atoms with Gasteiger partial charge in [0.15, 0.2) is 16.6 Å². The summed E-state index contributed by atoms with van der Waals surface area (Å²) in [6.45, 7) is 4.20. The third-order valence-corrected chi connectivity index (χ3v) is 8.17. The van der Waals surface area contributed by atoms with Crippen molar-refractivity contribution >= 4 is 22.4 Å². The molecule has 0 radical (unpaired) electrons. The number of rotatable bonds is 11. The van der Waals surface area contributed by atoms with E-state index in [-0.39, 0.29) is 5.91 Å². The quantitative estimate of drug-likeness (QED) is 0.259. The molecule has 0 spiro atoms. The largest absolute Gasteiger partial charge is 0.497 e. The normalized spacial score (nSPS) is 13.0. The smallest absolute Gasteiger partial charge is 0.253 e. The third kappa shape index (κ3) is 6.45. The van der Waals surface area contributed by atoms with E-state index in [0.717, 1.165) is 65.2 Å². The van der Waals surface area contributed by atoms with Crippen LogP contribution < -0.4 is 29.2 Å². The number of piperazine rings is 1. The van der Waals surface area contributed by atoms with Crippen LogP contribution in [0.5, 0.6) is 23.0 Å². The van der Waals surface area contributed by atoms with Gasteiger partial charge in [-0.05, 0) is 42.0 Å². The Morgan fingerprint density at radius 1 is 0.905 bits per heavy atom. The Balaban J connectivity index is 1.46. The minimum atomic E-state index is 0.0674. The highest BCUT2D eigenvalue weighted by molar-refractivity contribution is 7.14. The molecule has 1 amide bonds. The lowest BCUT2D eigenvalue weighted by Gasteiger charge is -2.27. The molecule has 1 aromatic heterocycles. The highest BCUT2D eigenvalue weighted by Gasteiger charge is 2.21. The summed E-state index contributed by atoms with van der Waals surface area (Å²) in [6, 6.07) is 19.4. The molecule has 5 rings (SSSR count). The van der Waals surface area contributed by atoms with Gasteiger partial charge >= 0.3 is 0 Å². The molecular formula is C32H36N4O5S. The molecule has 0 unspecified atom stereocenters. The highest BCUT2D eigenvalue weighted by atomic mass is 32.1. The molecule has 0 aliphatic carbocycles. The predicted molar refractivity (Wildman–Crippen MR) is 165 cm³/mol. The summed E-state index contributed by atoms with van der Waals surface area (Å²) in [4.78, 5) is 22.1. The first kappa shape index (κ1) is 29.2. The maximum atomic E-state index is 13.0. The van der Waals surface area contributed by atoms with Crippen LogP contribution in [0.3, 0.4) is 0 Å². The number of thiazole rings is 1. The van der Waals surface area contributed by atoms with E-state index in [4.69, 9.17) is 23.9 Å². The molecule has 0 bridgehead atoms. The summed E-state index contributed by atoms with van der Waals surface area (Å²) in [5, 5.41) is 6.15. The fourth-order valence-electron chi connectivity index (χ4n) is 5.05. The number of benzene rings is 3. The molecule has 1 aliphatic heterocycles. The Labute approximate surface area is 250 Å². The van der Waals surface area contributed by atoms with E-state index in [2.05, 4.69) is 10.2 Å². The van der Waals surface area contributed by atoms with Crippen molar-refractivity contribution in [3.63, 3.8) is 0 Å². The summed E-state index contributed by atoms with van der Waals surface area (Å²) in [7, 11) is 6.58. The molecule has 1 aliphatic rings. The molecule has 9 nitrogen and oxygen atoms in total. The molecule has 220 valence electrons. The number of carbonyl (C=O) groups is 1. The second kappa shape index (κ2) is 13.6. The zero-order valence-corrected chi connectivity index (χ0v) is 25.2. The van der Waals surface area contributed by atoms with Crippen molar-refractivity contribution in [3.8, 4) is 34.3 Å². The zero-order chi connectivity index (χ0) is 29.5. The number of hydrogen-bond donors (Lipinski definition) is 1. The highest BCUT2D eigenvalue weighted by Crippen LogP contribution is 2.38. The van der Waals surface area contributed by atoms with Crippen molar-refractivity contribution in [2.45, 2.75) is 13.1 Å². The van der Waals surface area contributed by atoms with Gasteiger partial charge in [0.1, 0.15) is 11.5 Å². The van der Waals surface area contributed by atoms with Gasteiger partial charge in [0.2, 0.25) is 0 Å². The molecule has 0 atom stereocenters. The SMILES string of the molecule is COc1ccc(OC)c(-c2csc(N(Cc3ccc(C(=O)N4CCNCC4)cc3)Cc3cccc(OC)c3OC)n2)c1. The number of ether oxygens (including phenoxy) is 4. The Kier molecular flexibility index (Phi) is 9.45. The standard InChI is InChI=1S/C32H36N4O5S/c1-38-25-12-13-28(39-2)26(18-25)27-21-42-32(34-27)36(20-24-6-5-7-29(40-3)30(24)41-4)19-22-8-10-23(11-9-22)31(37)35-16-14-33-15-17-35/h5-13,18,21,33H,14-17,19-20H2,1-4H3. The first-order chi connectivity index (χ1) is 20.5. The van der Waals surface area contributed by atoms with E-state index in [0.29, 0.717) is 30.2 Å². The van der Waals surface area contributed by atoms with Crippen molar-refractivity contribution in [2.24, 2.45) is 0 Å². The Hall–Kier alpha value is -4.28. The maximum Gasteiger partial charge on any atom is 0.253 e. The lowest BCUT2D eigenvalue weighted by atomic mass is 10.1. The molecule has 42 heavy (non-hydrogen) atoms. The molecule has 10 heteroatoms. The summed E-state index contributed by atoms with van der Waals surface area (Å²) in [6.07, 6.45) is 0. The van der Waals surface area contributed by atoms with E-state index in [1.165, 1.54) is 0 Å². The fraction of sp³-hybridized carbons (Fsp3) is 0.312. The van der Waals surface area contributed by atoms with E-state index < -0.39 is 0 Å². The number of nitrogens with zero attached hydrogens (tertiary/aromatic N) is 3. The molecule has 4 aromatic rings. The van der Waals surface area contributed by atoms with Gasteiger partial charge < -0.3 is 34.1 Å². The van der Waals surface area contributed by atoms with Crippen LogP contribution in [0.4, 0.5) is 5.13 Å². The predicted octanol–water partition coefficient (Wildman–Crippen LogP) is 5.10.